The van der Waals surface area contributed by atoms with Crippen molar-refractivity contribution in [1.82, 2.24) is 4.90 Å². The minimum atomic E-state index is -0.994. The number of methoxy groups -OCH3 is 2. The summed E-state index contributed by atoms with van der Waals surface area (Å²) in [6, 6.07) is 19.5. The van der Waals surface area contributed by atoms with Gasteiger partial charge in [-0.3, -0.25) is 9.69 Å². The highest BCUT2D eigenvalue weighted by atomic mass is 32.2. The summed E-state index contributed by atoms with van der Waals surface area (Å²) in [5.74, 6) is 0.338. The Hall–Kier alpha value is -4.04. The van der Waals surface area contributed by atoms with Crippen molar-refractivity contribution in [2.24, 2.45) is 4.99 Å². The van der Waals surface area contributed by atoms with Crippen LogP contribution in [0.15, 0.2) is 76.6 Å². The predicted octanol–water partition coefficient (Wildman–Crippen LogP) is 5.51. The molecular weight excluding hydrogens is 464 g/mol. The Labute approximate surface area is 207 Å². The first-order valence-electron chi connectivity index (χ1n) is 10.8. The van der Waals surface area contributed by atoms with Crippen molar-refractivity contribution >= 4 is 40.6 Å². The minimum Gasteiger partial charge on any atom is -0.497 e. The molecule has 3 aromatic rings. The summed E-state index contributed by atoms with van der Waals surface area (Å²) in [5.41, 5.74) is 3.54. The molecule has 1 aliphatic heterocycles. The normalized spacial score (nSPS) is 15.6. The Morgan fingerprint density at radius 2 is 1.74 bits per heavy atom. The monoisotopic (exact) mass is 488 g/mol. The summed E-state index contributed by atoms with van der Waals surface area (Å²) in [6.45, 7) is 2.22. The molecule has 1 heterocycles. The van der Waals surface area contributed by atoms with Gasteiger partial charge in [0.15, 0.2) is 5.17 Å². The zero-order chi connectivity index (χ0) is 24.9. The number of amides is 1. The second-order valence-electron chi connectivity index (χ2n) is 7.83. The molecule has 0 saturated carbocycles. The molecule has 35 heavy (non-hydrogen) atoms. The van der Waals surface area contributed by atoms with Crippen LogP contribution in [0.1, 0.15) is 27.0 Å². The standard InChI is InChI=1S/C27H24N2O5S/c1-17-14-19(6-13-23(17)34-3)15-24-25(30)29(16-18-4-7-20(8-5-18)26(31)32)27(35-24)28-21-9-11-22(33-2)12-10-21/h4-15H,16H2,1-3H3,(H,31,32)/b24-15-,28-27?. The lowest BCUT2D eigenvalue weighted by molar-refractivity contribution is -0.122. The number of nitrogens with zero attached hydrogens (tertiary/aromatic N) is 2. The molecule has 4 rings (SSSR count). The molecule has 1 N–H and O–H groups in total. The van der Waals surface area contributed by atoms with Crippen molar-refractivity contribution in [2.75, 3.05) is 14.2 Å². The van der Waals surface area contributed by atoms with Crippen LogP contribution in [0.3, 0.4) is 0 Å². The summed E-state index contributed by atoms with van der Waals surface area (Å²) < 4.78 is 10.5. The molecule has 8 heteroatoms. The van der Waals surface area contributed by atoms with E-state index in [9.17, 15) is 9.59 Å². The summed E-state index contributed by atoms with van der Waals surface area (Å²) in [4.78, 5) is 31.5. The van der Waals surface area contributed by atoms with Crippen molar-refractivity contribution in [3.8, 4) is 11.5 Å². The second kappa shape index (κ2) is 10.5. The first kappa shape index (κ1) is 24.1. The Morgan fingerprint density at radius 3 is 2.34 bits per heavy atom. The smallest absolute Gasteiger partial charge is 0.335 e. The number of carboxylic acid groups (broad SMARTS) is 1. The number of hydrogen-bond acceptors (Lipinski definition) is 6. The van der Waals surface area contributed by atoms with E-state index in [1.165, 1.54) is 23.9 Å². The number of carbonyl (C=O) groups excluding carboxylic acids is 1. The van der Waals surface area contributed by atoms with Crippen LogP contribution in [0.5, 0.6) is 11.5 Å². The van der Waals surface area contributed by atoms with Crippen molar-refractivity contribution in [3.63, 3.8) is 0 Å². The van der Waals surface area contributed by atoms with Crippen molar-refractivity contribution in [3.05, 3.63) is 93.9 Å². The maximum absolute atomic E-state index is 13.4. The fraction of sp³-hybridized carbons (Fsp3) is 0.148. The highest BCUT2D eigenvalue weighted by Gasteiger charge is 2.33. The van der Waals surface area contributed by atoms with Gasteiger partial charge in [0, 0.05) is 0 Å². The molecular formula is C27H24N2O5S. The van der Waals surface area contributed by atoms with E-state index < -0.39 is 5.97 Å². The Bertz CT molecular complexity index is 1310. The van der Waals surface area contributed by atoms with Crippen LogP contribution in [-0.2, 0) is 11.3 Å². The average Bonchev–Trinajstić information content (AvgIpc) is 3.13. The van der Waals surface area contributed by atoms with Crippen LogP contribution < -0.4 is 9.47 Å². The fourth-order valence-electron chi connectivity index (χ4n) is 3.58. The Kier molecular flexibility index (Phi) is 7.22. The molecule has 0 radical (unpaired) electrons. The van der Waals surface area contributed by atoms with E-state index >= 15 is 0 Å². The summed E-state index contributed by atoms with van der Waals surface area (Å²) >= 11 is 1.30. The van der Waals surface area contributed by atoms with Gasteiger partial charge in [0.25, 0.3) is 5.91 Å². The van der Waals surface area contributed by atoms with Crippen molar-refractivity contribution in [2.45, 2.75) is 13.5 Å². The zero-order valence-electron chi connectivity index (χ0n) is 19.5. The van der Waals surface area contributed by atoms with Crippen LogP contribution >= 0.6 is 11.8 Å². The molecule has 0 atom stereocenters. The number of aromatic carboxylic acids is 1. The molecule has 1 amide bonds. The van der Waals surface area contributed by atoms with Gasteiger partial charge in [0.05, 0.1) is 36.9 Å². The van der Waals surface area contributed by atoms with E-state index in [2.05, 4.69) is 0 Å². The highest BCUT2D eigenvalue weighted by molar-refractivity contribution is 8.18. The number of aryl methyl sites for hydroxylation is 1. The van der Waals surface area contributed by atoms with Crippen LogP contribution in [0.25, 0.3) is 6.08 Å². The van der Waals surface area contributed by atoms with Gasteiger partial charge in [0.2, 0.25) is 0 Å². The van der Waals surface area contributed by atoms with Gasteiger partial charge >= 0.3 is 5.97 Å². The van der Waals surface area contributed by atoms with Crippen molar-refractivity contribution in [1.29, 1.82) is 0 Å². The van der Waals surface area contributed by atoms with E-state index in [0.717, 1.165) is 28.2 Å². The Morgan fingerprint density at radius 1 is 1.03 bits per heavy atom. The molecule has 0 bridgehead atoms. The lowest BCUT2D eigenvalue weighted by atomic mass is 10.1. The largest absolute Gasteiger partial charge is 0.497 e. The highest BCUT2D eigenvalue weighted by Crippen LogP contribution is 2.36. The number of carboxylic acids is 1. The molecule has 3 aromatic carbocycles. The average molecular weight is 489 g/mol. The first-order chi connectivity index (χ1) is 16.9. The topological polar surface area (TPSA) is 88.4 Å². The molecule has 0 aromatic heterocycles. The van der Waals surface area contributed by atoms with Crippen molar-refractivity contribution < 1.29 is 24.2 Å². The van der Waals surface area contributed by atoms with Crippen LogP contribution in [0.2, 0.25) is 0 Å². The maximum Gasteiger partial charge on any atom is 0.335 e. The van der Waals surface area contributed by atoms with E-state index in [-0.39, 0.29) is 18.0 Å². The molecule has 178 valence electrons. The third-order valence-corrected chi connectivity index (χ3v) is 6.45. The quantitative estimate of drug-likeness (QED) is 0.441. The molecule has 1 fully saturated rings. The predicted molar refractivity (Wildman–Crippen MR) is 137 cm³/mol. The van der Waals surface area contributed by atoms with Gasteiger partial charge in [0.1, 0.15) is 11.5 Å². The molecule has 1 aliphatic rings. The number of carbonyl (C=O) groups is 2. The number of aliphatic imine (C=N–C) groups is 1. The molecule has 1 saturated heterocycles. The van der Waals surface area contributed by atoms with Crippen LogP contribution in [0.4, 0.5) is 5.69 Å². The fourth-order valence-corrected chi connectivity index (χ4v) is 4.57. The minimum absolute atomic E-state index is 0.168. The SMILES string of the molecule is COc1ccc(N=C2S/C(=C\c3ccc(OC)c(C)c3)C(=O)N2Cc2ccc(C(=O)O)cc2)cc1. The van der Waals surface area contributed by atoms with Gasteiger partial charge in [-0.05, 0) is 90.0 Å². The zero-order valence-corrected chi connectivity index (χ0v) is 20.3. The number of thioether (sulfide) groups is 1. The number of amidine groups is 1. The van der Waals surface area contributed by atoms with Crippen LogP contribution in [0, 0.1) is 6.92 Å². The summed E-state index contributed by atoms with van der Waals surface area (Å²) in [5, 5.41) is 9.70. The van der Waals surface area contributed by atoms with Gasteiger partial charge in [-0.25, -0.2) is 9.79 Å². The van der Waals surface area contributed by atoms with Gasteiger partial charge in [-0.1, -0.05) is 18.2 Å². The van der Waals surface area contributed by atoms with Crippen LogP contribution in [-0.4, -0.2) is 41.3 Å². The molecule has 7 nitrogen and oxygen atoms in total. The van der Waals surface area contributed by atoms with E-state index in [1.807, 2.05) is 55.5 Å². The molecule has 0 spiro atoms. The van der Waals surface area contributed by atoms with E-state index in [4.69, 9.17) is 19.6 Å². The van der Waals surface area contributed by atoms with E-state index in [1.54, 1.807) is 31.3 Å². The molecule has 0 unspecified atom stereocenters. The number of rotatable bonds is 7. The summed E-state index contributed by atoms with van der Waals surface area (Å²) in [7, 11) is 3.22. The lowest BCUT2D eigenvalue weighted by Gasteiger charge is -2.16. The number of benzene rings is 3. The maximum atomic E-state index is 13.4. The third kappa shape index (κ3) is 5.55. The third-order valence-electron chi connectivity index (χ3n) is 5.44. The first-order valence-corrected chi connectivity index (χ1v) is 11.6. The van der Waals surface area contributed by atoms with E-state index in [0.29, 0.717) is 15.8 Å². The Balaban J connectivity index is 1.68. The summed E-state index contributed by atoms with van der Waals surface area (Å²) in [6.07, 6.45) is 1.84. The van der Waals surface area contributed by atoms with Gasteiger partial charge in [-0.15, -0.1) is 0 Å². The number of ether oxygens (including phenoxy) is 2. The second-order valence-corrected chi connectivity index (χ2v) is 8.83. The lowest BCUT2D eigenvalue weighted by Crippen LogP contribution is -2.28. The van der Waals surface area contributed by atoms with Gasteiger partial charge < -0.3 is 14.6 Å². The number of hydrogen-bond donors (Lipinski definition) is 1. The molecule has 0 aliphatic carbocycles. The van der Waals surface area contributed by atoms with Gasteiger partial charge in [-0.2, -0.15) is 0 Å².